The van der Waals surface area contributed by atoms with Crippen molar-refractivity contribution in [1.29, 1.82) is 0 Å². The fraction of sp³-hybridized carbons (Fsp3) is 0.742. The second-order valence-corrected chi connectivity index (χ2v) is 23.4. The normalized spacial score (nSPS) is 26.3. The number of ether oxygens (including phenoxy) is 1. The Balaban J connectivity index is 2.40. The number of hydrogen-bond donors (Lipinski definition) is 1. The van der Waals surface area contributed by atoms with Crippen LogP contribution < -0.4 is 9.82 Å². The third-order valence-electron chi connectivity index (χ3n) is 6.68. The lowest BCUT2D eigenvalue weighted by atomic mass is 9.97. The van der Waals surface area contributed by atoms with Gasteiger partial charge in [0.15, 0.2) is 0 Å². The Hall–Kier alpha value is -0.550. The van der Waals surface area contributed by atoms with Crippen LogP contribution in [-0.2, 0) is 13.6 Å². The summed E-state index contributed by atoms with van der Waals surface area (Å²) in [5.41, 5.74) is -1.20. The first-order chi connectivity index (χ1) is 18.8. The molecule has 2 saturated heterocycles. The molecule has 0 bridgehead atoms. The maximum Gasteiger partial charge on any atom is 0.342 e. The van der Waals surface area contributed by atoms with Crippen molar-refractivity contribution in [3.05, 3.63) is 41.7 Å². The summed E-state index contributed by atoms with van der Waals surface area (Å²) in [5.74, 6) is 0.728. The highest BCUT2D eigenvalue weighted by atomic mass is 31.3. The van der Waals surface area contributed by atoms with E-state index in [4.69, 9.17) is 25.1 Å². The Bertz CT molecular complexity index is 1210. The molecule has 0 aliphatic carbocycles. The van der Waals surface area contributed by atoms with Gasteiger partial charge in [-0.2, -0.15) is 0 Å². The number of methoxy groups -OCH3 is 1. The van der Waals surface area contributed by atoms with Crippen molar-refractivity contribution < 1.29 is 18.3 Å². The SMILES string of the molecule is C=C([C@H](c1ccc(OC)cc1)P1(=O)OCC(C)(C)CO1)P1(=NC(C)(C)C)N(C(C)(C)C)P(NC(C)(C)C)N1C(C)(C)C. The molecule has 0 spiro atoms. The van der Waals surface area contributed by atoms with Crippen molar-refractivity contribution >= 4 is 23.3 Å². The molecule has 1 N–H and O–H groups in total. The van der Waals surface area contributed by atoms with E-state index in [-0.39, 0.29) is 22.0 Å². The van der Waals surface area contributed by atoms with Crippen LogP contribution in [0.3, 0.4) is 0 Å². The van der Waals surface area contributed by atoms with E-state index < -0.39 is 34.5 Å². The highest BCUT2D eigenvalue weighted by Gasteiger charge is 2.66. The van der Waals surface area contributed by atoms with E-state index in [1.165, 1.54) is 0 Å². The van der Waals surface area contributed by atoms with Crippen molar-refractivity contribution in [3.63, 3.8) is 0 Å². The van der Waals surface area contributed by atoms with E-state index >= 15 is 0 Å². The number of rotatable bonds is 6. The monoisotopic (exact) mass is 642 g/mol. The van der Waals surface area contributed by atoms with Gasteiger partial charge in [-0.25, -0.2) is 8.88 Å². The smallest absolute Gasteiger partial charge is 0.342 e. The van der Waals surface area contributed by atoms with E-state index in [9.17, 15) is 4.57 Å². The summed E-state index contributed by atoms with van der Waals surface area (Å²) in [4.78, 5) is 0. The highest BCUT2D eigenvalue weighted by molar-refractivity contribution is 7.89. The maximum atomic E-state index is 15.0. The van der Waals surface area contributed by atoms with Gasteiger partial charge in [0.05, 0.1) is 25.9 Å². The lowest BCUT2D eigenvalue weighted by Gasteiger charge is -2.69. The highest BCUT2D eigenvalue weighted by Crippen LogP contribution is 2.92. The first-order valence-corrected chi connectivity index (χ1v) is 19.3. The number of hydrogen-bond acceptors (Lipinski definition) is 6. The lowest BCUT2D eigenvalue weighted by molar-refractivity contribution is 0.0391. The number of nitrogens with one attached hydrogen (secondary N) is 1. The minimum atomic E-state index is -3.70. The van der Waals surface area contributed by atoms with Crippen LogP contribution in [0.1, 0.15) is 108 Å². The second-order valence-electron chi connectivity index (χ2n) is 16.3. The van der Waals surface area contributed by atoms with Crippen LogP contribution in [0, 0.1) is 5.41 Å². The maximum absolute atomic E-state index is 15.0. The molecule has 2 heterocycles. The van der Waals surface area contributed by atoms with Crippen LogP contribution in [0.5, 0.6) is 5.75 Å². The van der Waals surface area contributed by atoms with Crippen LogP contribution in [0.4, 0.5) is 0 Å². The molecule has 1 aromatic carbocycles. The van der Waals surface area contributed by atoms with E-state index in [0.29, 0.717) is 13.2 Å². The van der Waals surface area contributed by atoms with E-state index in [2.05, 4.69) is 111 Å². The van der Waals surface area contributed by atoms with Crippen molar-refractivity contribution in [1.82, 2.24) is 14.0 Å². The molecule has 42 heavy (non-hydrogen) atoms. The van der Waals surface area contributed by atoms with Crippen molar-refractivity contribution in [2.45, 2.75) is 125 Å². The molecular formula is C31H57N4O4P3. The summed E-state index contributed by atoms with van der Waals surface area (Å²) in [5, 5.41) is 4.75. The first-order valence-electron chi connectivity index (χ1n) is 14.8. The largest absolute Gasteiger partial charge is 0.497 e. The molecular weight excluding hydrogens is 585 g/mol. The van der Waals surface area contributed by atoms with E-state index in [1.54, 1.807) is 7.11 Å². The first kappa shape index (κ1) is 35.9. The summed E-state index contributed by atoms with van der Waals surface area (Å²) < 4.78 is 43.9. The molecule has 8 nitrogen and oxygen atoms in total. The molecule has 11 heteroatoms. The van der Waals surface area contributed by atoms with Gasteiger partial charge in [-0.1, -0.05) is 32.6 Å². The Kier molecular flexibility index (Phi) is 9.98. The second kappa shape index (κ2) is 11.7. The van der Waals surface area contributed by atoms with Gasteiger partial charge in [0.2, 0.25) is 0 Å². The van der Waals surface area contributed by atoms with Crippen LogP contribution in [0.25, 0.3) is 0 Å². The molecule has 0 radical (unpaired) electrons. The quantitative estimate of drug-likeness (QED) is 0.310. The fourth-order valence-corrected chi connectivity index (χ4v) is 18.0. The van der Waals surface area contributed by atoms with Crippen LogP contribution in [-0.4, -0.2) is 51.4 Å². The zero-order chi connectivity index (χ0) is 32.3. The zero-order valence-electron chi connectivity index (χ0n) is 28.8. The molecule has 0 saturated carbocycles. The molecule has 2 aliphatic heterocycles. The topological polar surface area (TPSA) is 75.6 Å². The molecule has 1 atom stereocenters. The van der Waals surface area contributed by atoms with Crippen molar-refractivity contribution in [2.75, 3.05) is 20.3 Å². The summed E-state index contributed by atoms with van der Waals surface area (Å²) in [6, 6.07) is 7.74. The fourth-order valence-electron chi connectivity index (χ4n) is 5.24. The van der Waals surface area contributed by atoms with Crippen molar-refractivity contribution in [3.8, 4) is 5.75 Å². The van der Waals surface area contributed by atoms with Crippen LogP contribution in [0.2, 0.25) is 0 Å². The van der Waals surface area contributed by atoms with Crippen LogP contribution >= 0.6 is 23.3 Å². The van der Waals surface area contributed by atoms with Gasteiger partial charge in [0.25, 0.3) is 0 Å². The summed E-state index contributed by atoms with van der Waals surface area (Å²) >= 11 is 0. The molecule has 0 unspecified atom stereocenters. The van der Waals surface area contributed by atoms with E-state index in [0.717, 1.165) is 16.6 Å². The van der Waals surface area contributed by atoms with E-state index in [1.807, 2.05) is 24.3 Å². The molecule has 0 amide bonds. The molecule has 2 fully saturated rings. The van der Waals surface area contributed by atoms with Gasteiger partial charge in [0.1, 0.15) is 27.1 Å². The predicted octanol–water partition coefficient (Wildman–Crippen LogP) is 10.2. The minimum Gasteiger partial charge on any atom is -0.497 e. The van der Waals surface area contributed by atoms with Gasteiger partial charge in [0, 0.05) is 27.3 Å². The number of benzene rings is 1. The van der Waals surface area contributed by atoms with Gasteiger partial charge >= 0.3 is 7.60 Å². The van der Waals surface area contributed by atoms with Gasteiger partial charge in [-0.05, 0) is 101 Å². The minimum absolute atomic E-state index is 0.138. The summed E-state index contributed by atoms with van der Waals surface area (Å²) in [6.07, 6.45) is 0. The standard InChI is InChI=1S/C31H57N4O4P3/c1-23(26(24-17-19-25(37-16)20-18-24)42(36)38-21-31(14,15)22-39-42)41(33-28(5,6)7)34(29(8,9)10)40(32-27(2,3)4)35(41)30(11,12)13/h17-20,26,32H,1,21-22H2,2-16H3/t26-,40?,41?/m1/s1. The Labute approximate surface area is 257 Å². The number of nitrogens with zero attached hydrogens (tertiary/aromatic N) is 3. The van der Waals surface area contributed by atoms with Crippen LogP contribution in [0.15, 0.2) is 40.9 Å². The Morgan fingerprint density at radius 1 is 0.952 bits per heavy atom. The third kappa shape index (κ3) is 7.45. The molecule has 1 aromatic rings. The summed E-state index contributed by atoms with van der Waals surface area (Å²) in [6.45, 7) is 36.2. The summed E-state index contributed by atoms with van der Waals surface area (Å²) in [7, 11) is -5.82. The molecule has 0 aromatic heterocycles. The van der Waals surface area contributed by atoms with Crippen molar-refractivity contribution in [2.24, 2.45) is 10.2 Å². The average molecular weight is 643 g/mol. The average Bonchev–Trinajstić information content (AvgIpc) is 2.77. The molecule has 240 valence electrons. The Morgan fingerprint density at radius 3 is 1.76 bits per heavy atom. The van der Waals surface area contributed by atoms with Gasteiger partial charge < -0.3 is 13.8 Å². The lowest BCUT2D eigenvalue weighted by Crippen LogP contribution is -2.60. The van der Waals surface area contributed by atoms with Gasteiger partial charge in [-0.15, -0.1) is 0 Å². The third-order valence-corrected chi connectivity index (χ3v) is 18.6. The predicted molar refractivity (Wildman–Crippen MR) is 180 cm³/mol. The molecule has 2 aliphatic rings. The van der Waals surface area contributed by atoms with Gasteiger partial charge in [-0.3, -0.25) is 14.4 Å². The zero-order valence-corrected chi connectivity index (χ0v) is 31.5. The number of allylic oxidation sites excluding steroid dienone is 1. The molecule has 3 rings (SSSR count). The Morgan fingerprint density at radius 2 is 1.40 bits per heavy atom.